The zero-order valence-corrected chi connectivity index (χ0v) is 13.8. The van der Waals surface area contributed by atoms with E-state index in [1.165, 1.54) is 24.2 Å². The molecule has 0 aromatic carbocycles. The fraction of sp³-hybridized carbons (Fsp3) is 0.500. The standard InChI is InChI=1S/C14H15BrN4OS/c15-10-5-13(21-8-10)14(20)18-4-3-11(6-18)19-7-12(16-17-19)9-1-2-9/h5,7-9,11H,1-4,6H2. The fourth-order valence-corrected chi connectivity index (χ4v) is 4.15. The van der Waals surface area contributed by atoms with Crippen LogP contribution in [0.2, 0.25) is 0 Å². The number of nitrogens with zero attached hydrogens (tertiary/aromatic N) is 4. The largest absolute Gasteiger partial charge is 0.336 e. The summed E-state index contributed by atoms with van der Waals surface area (Å²) in [6, 6.07) is 2.15. The summed E-state index contributed by atoms with van der Waals surface area (Å²) in [5.41, 5.74) is 1.11. The van der Waals surface area contributed by atoms with E-state index >= 15 is 0 Å². The minimum absolute atomic E-state index is 0.121. The van der Waals surface area contributed by atoms with Gasteiger partial charge in [0.2, 0.25) is 0 Å². The molecule has 0 radical (unpaired) electrons. The Hall–Kier alpha value is -1.21. The predicted octanol–water partition coefficient (Wildman–Crippen LogP) is 3.07. The van der Waals surface area contributed by atoms with Gasteiger partial charge in [-0.1, -0.05) is 5.21 Å². The highest BCUT2D eigenvalue weighted by atomic mass is 79.9. The second kappa shape index (κ2) is 5.21. The number of thiophene rings is 1. The van der Waals surface area contributed by atoms with E-state index in [9.17, 15) is 4.79 Å². The summed E-state index contributed by atoms with van der Waals surface area (Å²) in [6.45, 7) is 1.51. The maximum absolute atomic E-state index is 12.4. The quantitative estimate of drug-likeness (QED) is 0.838. The lowest BCUT2D eigenvalue weighted by atomic mass is 10.2. The fourth-order valence-electron chi connectivity index (χ4n) is 2.76. The van der Waals surface area contributed by atoms with Crippen molar-refractivity contribution >= 4 is 33.2 Å². The van der Waals surface area contributed by atoms with Crippen LogP contribution in [0.4, 0.5) is 0 Å². The van der Waals surface area contributed by atoms with Crippen LogP contribution in [0.3, 0.4) is 0 Å². The topological polar surface area (TPSA) is 51.0 Å². The number of halogens is 1. The Morgan fingerprint density at radius 3 is 2.95 bits per heavy atom. The first kappa shape index (κ1) is 13.5. The zero-order chi connectivity index (χ0) is 14.4. The van der Waals surface area contributed by atoms with Gasteiger partial charge in [-0.2, -0.15) is 0 Å². The third-order valence-corrected chi connectivity index (χ3v) is 5.81. The highest BCUT2D eigenvalue weighted by molar-refractivity contribution is 9.10. The van der Waals surface area contributed by atoms with Gasteiger partial charge in [-0.3, -0.25) is 4.79 Å². The van der Waals surface area contributed by atoms with Gasteiger partial charge in [0.25, 0.3) is 5.91 Å². The molecule has 1 saturated heterocycles. The minimum Gasteiger partial charge on any atom is -0.336 e. The molecule has 0 N–H and O–H groups in total. The van der Waals surface area contributed by atoms with Gasteiger partial charge in [-0.15, -0.1) is 16.4 Å². The van der Waals surface area contributed by atoms with Crippen LogP contribution in [0, 0.1) is 0 Å². The number of hydrogen-bond acceptors (Lipinski definition) is 4. The molecule has 1 atom stereocenters. The molecule has 2 fully saturated rings. The van der Waals surface area contributed by atoms with Crippen LogP contribution in [0.5, 0.6) is 0 Å². The Labute approximate surface area is 135 Å². The monoisotopic (exact) mass is 366 g/mol. The lowest BCUT2D eigenvalue weighted by molar-refractivity contribution is 0.0791. The number of amides is 1. The Morgan fingerprint density at radius 1 is 1.38 bits per heavy atom. The molecular formula is C14H15BrN4OS. The number of rotatable bonds is 3. The molecule has 0 bridgehead atoms. The van der Waals surface area contributed by atoms with Gasteiger partial charge >= 0.3 is 0 Å². The van der Waals surface area contributed by atoms with Crippen LogP contribution in [-0.2, 0) is 0 Å². The van der Waals surface area contributed by atoms with Crippen molar-refractivity contribution in [3.05, 3.63) is 32.7 Å². The van der Waals surface area contributed by atoms with E-state index in [0.29, 0.717) is 5.92 Å². The normalized spacial score (nSPS) is 22.0. The first-order valence-corrected chi connectivity index (χ1v) is 8.83. The molecule has 1 aliphatic carbocycles. The lowest BCUT2D eigenvalue weighted by Gasteiger charge is -2.15. The van der Waals surface area contributed by atoms with Gasteiger partial charge in [0, 0.05) is 35.1 Å². The molecule has 0 spiro atoms. The van der Waals surface area contributed by atoms with E-state index in [-0.39, 0.29) is 11.9 Å². The van der Waals surface area contributed by atoms with Crippen LogP contribution in [0.15, 0.2) is 22.1 Å². The van der Waals surface area contributed by atoms with Gasteiger partial charge in [0.05, 0.1) is 16.6 Å². The molecule has 2 aliphatic rings. The van der Waals surface area contributed by atoms with Gasteiger partial charge in [0.1, 0.15) is 0 Å². The van der Waals surface area contributed by atoms with E-state index in [1.807, 2.05) is 21.0 Å². The van der Waals surface area contributed by atoms with Crippen LogP contribution in [0.25, 0.3) is 0 Å². The van der Waals surface area contributed by atoms with E-state index in [0.717, 1.165) is 34.6 Å². The summed E-state index contributed by atoms with van der Waals surface area (Å²) < 4.78 is 2.92. The molecule has 1 aliphatic heterocycles. The van der Waals surface area contributed by atoms with Crippen molar-refractivity contribution in [1.29, 1.82) is 0 Å². The third kappa shape index (κ3) is 2.64. The predicted molar refractivity (Wildman–Crippen MR) is 83.6 cm³/mol. The molecule has 110 valence electrons. The highest BCUT2D eigenvalue weighted by Gasteiger charge is 2.31. The Morgan fingerprint density at radius 2 is 2.24 bits per heavy atom. The first-order chi connectivity index (χ1) is 10.2. The summed E-state index contributed by atoms with van der Waals surface area (Å²) in [5, 5.41) is 10.5. The third-order valence-electron chi connectivity index (χ3n) is 4.13. The second-order valence-corrected chi connectivity index (χ2v) is 7.55. The first-order valence-electron chi connectivity index (χ1n) is 7.16. The van der Waals surface area contributed by atoms with Crippen molar-refractivity contribution in [3.63, 3.8) is 0 Å². The van der Waals surface area contributed by atoms with Crippen molar-refractivity contribution in [1.82, 2.24) is 19.9 Å². The van der Waals surface area contributed by atoms with Crippen LogP contribution in [0.1, 0.15) is 46.6 Å². The molecule has 3 heterocycles. The molecule has 4 rings (SSSR count). The average molecular weight is 367 g/mol. The van der Waals surface area contributed by atoms with Crippen molar-refractivity contribution in [3.8, 4) is 0 Å². The zero-order valence-electron chi connectivity index (χ0n) is 11.4. The van der Waals surface area contributed by atoms with Gasteiger partial charge < -0.3 is 4.90 Å². The van der Waals surface area contributed by atoms with Crippen molar-refractivity contribution in [2.45, 2.75) is 31.2 Å². The Kier molecular flexibility index (Phi) is 3.34. The number of hydrogen-bond donors (Lipinski definition) is 0. The summed E-state index contributed by atoms with van der Waals surface area (Å²) >= 11 is 4.88. The smallest absolute Gasteiger partial charge is 0.264 e. The molecule has 1 amide bonds. The van der Waals surface area contributed by atoms with E-state index in [1.54, 1.807) is 0 Å². The summed E-state index contributed by atoms with van der Waals surface area (Å²) in [4.78, 5) is 15.1. The van der Waals surface area contributed by atoms with E-state index < -0.39 is 0 Å². The molecule has 1 saturated carbocycles. The Balaban J connectivity index is 1.45. The average Bonchev–Trinajstić information content (AvgIpc) is 2.94. The molecular weight excluding hydrogens is 352 g/mol. The molecule has 2 aromatic heterocycles. The van der Waals surface area contributed by atoms with E-state index in [4.69, 9.17) is 0 Å². The number of likely N-dealkylation sites (tertiary alicyclic amines) is 1. The molecule has 5 nitrogen and oxygen atoms in total. The molecule has 1 unspecified atom stereocenters. The molecule has 21 heavy (non-hydrogen) atoms. The summed E-state index contributed by atoms with van der Waals surface area (Å²) in [7, 11) is 0. The van der Waals surface area contributed by atoms with Gasteiger partial charge in [0.15, 0.2) is 0 Å². The number of carbonyl (C=O) groups excluding carboxylic acids is 1. The molecule has 2 aromatic rings. The minimum atomic E-state index is 0.121. The number of aromatic nitrogens is 3. The van der Waals surface area contributed by atoms with E-state index in [2.05, 4.69) is 32.4 Å². The second-order valence-electron chi connectivity index (χ2n) is 5.72. The SMILES string of the molecule is O=C(c1cc(Br)cs1)N1CCC(n2cc(C3CC3)nn2)C1. The maximum Gasteiger partial charge on any atom is 0.264 e. The van der Waals surface area contributed by atoms with Gasteiger partial charge in [-0.05, 0) is 41.3 Å². The number of carbonyl (C=O) groups is 1. The van der Waals surface area contributed by atoms with Crippen molar-refractivity contribution < 1.29 is 4.79 Å². The summed E-state index contributed by atoms with van der Waals surface area (Å²) in [6.07, 6.45) is 5.49. The maximum atomic E-state index is 12.4. The van der Waals surface area contributed by atoms with Crippen LogP contribution < -0.4 is 0 Å². The van der Waals surface area contributed by atoms with Crippen LogP contribution in [-0.4, -0.2) is 38.9 Å². The Bertz CT molecular complexity index is 678. The summed E-state index contributed by atoms with van der Waals surface area (Å²) in [5.74, 6) is 0.747. The highest BCUT2D eigenvalue weighted by Crippen LogP contribution is 2.39. The molecule has 7 heteroatoms. The van der Waals surface area contributed by atoms with Crippen LogP contribution >= 0.6 is 27.3 Å². The van der Waals surface area contributed by atoms with Crippen molar-refractivity contribution in [2.75, 3.05) is 13.1 Å². The lowest BCUT2D eigenvalue weighted by Crippen LogP contribution is -2.28. The van der Waals surface area contributed by atoms with Gasteiger partial charge in [-0.25, -0.2) is 4.68 Å². The van der Waals surface area contributed by atoms with Crippen molar-refractivity contribution in [2.24, 2.45) is 0 Å².